The van der Waals surface area contributed by atoms with Crippen LogP contribution in [0.3, 0.4) is 0 Å². The van der Waals surface area contributed by atoms with E-state index in [2.05, 4.69) is 42.9 Å². The maximum atomic E-state index is 5.34. The van der Waals surface area contributed by atoms with Crippen LogP contribution in [0.15, 0.2) is 30.5 Å². The number of ether oxygens (including phenoxy) is 1. The van der Waals surface area contributed by atoms with Crippen molar-refractivity contribution in [3.05, 3.63) is 30.5 Å². The van der Waals surface area contributed by atoms with E-state index in [0.717, 1.165) is 48.5 Å². The van der Waals surface area contributed by atoms with Crippen LogP contribution in [-0.4, -0.2) is 43.2 Å². The minimum atomic E-state index is 0.690. The number of pyridine rings is 1. The third-order valence-electron chi connectivity index (χ3n) is 3.94. The molecular formula is C20H31N3O. The summed E-state index contributed by atoms with van der Waals surface area (Å²) in [5, 5.41) is 4.69. The van der Waals surface area contributed by atoms with Gasteiger partial charge in [0.25, 0.3) is 0 Å². The van der Waals surface area contributed by atoms with Crippen LogP contribution in [0.25, 0.3) is 10.9 Å². The second-order valence-corrected chi connectivity index (χ2v) is 7.22. The average Bonchev–Trinajstić information content (AvgIpc) is 2.53. The molecule has 1 N–H and O–H groups in total. The smallest absolute Gasteiger partial charge is 0.119 e. The van der Waals surface area contributed by atoms with E-state index >= 15 is 0 Å². The molecule has 1 aromatic heterocycles. The molecule has 0 atom stereocenters. The number of benzene rings is 1. The first-order valence-electron chi connectivity index (χ1n) is 8.88. The molecule has 0 aliphatic rings. The van der Waals surface area contributed by atoms with E-state index in [1.54, 1.807) is 7.11 Å². The molecule has 132 valence electrons. The van der Waals surface area contributed by atoms with Crippen LogP contribution in [0.1, 0.15) is 27.7 Å². The zero-order chi connectivity index (χ0) is 17.5. The molecule has 2 rings (SSSR count). The van der Waals surface area contributed by atoms with Crippen LogP contribution in [0, 0.1) is 11.8 Å². The molecule has 0 saturated carbocycles. The summed E-state index contributed by atoms with van der Waals surface area (Å²) in [6, 6.07) is 8.04. The van der Waals surface area contributed by atoms with Gasteiger partial charge in [-0.15, -0.1) is 0 Å². The van der Waals surface area contributed by atoms with Crippen LogP contribution in [-0.2, 0) is 0 Å². The van der Waals surface area contributed by atoms with E-state index in [1.165, 1.54) is 0 Å². The monoisotopic (exact) mass is 329 g/mol. The molecule has 0 radical (unpaired) electrons. The Morgan fingerprint density at radius 2 is 1.79 bits per heavy atom. The summed E-state index contributed by atoms with van der Waals surface area (Å²) in [6.45, 7) is 13.4. The van der Waals surface area contributed by atoms with Gasteiger partial charge >= 0.3 is 0 Å². The Kier molecular flexibility index (Phi) is 6.85. The highest BCUT2D eigenvalue weighted by molar-refractivity contribution is 5.92. The summed E-state index contributed by atoms with van der Waals surface area (Å²) in [5.74, 6) is 2.24. The van der Waals surface area contributed by atoms with Gasteiger partial charge in [-0.05, 0) is 36.1 Å². The Labute approximate surface area is 146 Å². The lowest BCUT2D eigenvalue weighted by Crippen LogP contribution is -2.35. The van der Waals surface area contributed by atoms with Gasteiger partial charge in [0.05, 0.1) is 12.6 Å². The molecule has 0 bridgehead atoms. The first-order valence-corrected chi connectivity index (χ1v) is 8.88. The van der Waals surface area contributed by atoms with Gasteiger partial charge in [-0.2, -0.15) is 0 Å². The van der Waals surface area contributed by atoms with E-state index in [4.69, 9.17) is 4.74 Å². The summed E-state index contributed by atoms with van der Waals surface area (Å²) in [4.78, 5) is 6.98. The SMILES string of the molecule is COc1ccc2nccc(NCCN(CC(C)C)CC(C)C)c2c1. The fourth-order valence-corrected chi connectivity index (χ4v) is 3.05. The lowest BCUT2D eigenvalue weighted by Gasteiger charge is -2.26. The van der Waals surface area contributed by atoms with Crippen molar-refractivity contribution >= 4 is 16.6 Å². The molecule has 0 aliphatic heterocycles. The Morgan fingerprint density at radius 3 is 2.42 bits per heavy atom. The molecule has 0 spiro atoms. The third kappa shape index (κ3) is 5.38. The van der Waals surface area contributed by atoms with Crippen molar-refractivity contribution in [2.24, 2.45) is 11.8 Å². The van der Waals surface area contributed by atoms with Gasteiger partial charge in [0.2, 0.25) is 0 Å². The number of rotatable bonds is 9. The van der Waals surface area contributed by atoms with Gasteiger partial charge in [-0.1, -0.05) is 27.7 Å². The minimum absolute atomic E-state index is 0.690. The molecule has 1 aromatic carbocycles. The lowest BCUT2D eigenvalue weighted by molar-refractivity contribution is 0.227. The normalized spacial score (nSPS) is 11.7. The molecule has 0 saturated heterocycles. The lowest BCUT2D eigenvalue weighted by atomic mass is 10.1. The van der Waals surface area contributed by atoms with Gasteiger partial charge in [0, 0.05) is 43.4 Å². The predicted molar refractivity (Wildman–Crippen MR) is 103 cm³/mol. The predicted octanol–water partition coefficient (Wildman–Crippen LogP) is 4.27. The number of hydrogen-bond acceptors (Lipinski definition) is 4. The summed E-state index contributed by atoms with van der Waals surface area (Å²) in [5.41, 5.74) is 2.11. The number of nitrogens with one attached hydrogen (secondary N) is 1. The molecule has 0 amide bonds. The second kappa shape index (κ2) is 8.88. The fraction of sp³-hybridized carbons (Fsp3) is 0.550. The maximum absolute atomic E-state index is 5.34. The van der Waals surface area contributed by atoms with Crippen molar-refractivity contribution in [2.45, 2.75) is 27.7 Å². The van der Waals surface area contributed by atoms with Crippen LogP contribution >= 0.6 is 0 Å². The fourth-order valence-electron chi connectivity index (χ4n) is 3.05. The van der Waals surface area contributed by atoms with Gasteiger partial charge < -0.3 is 15.0 Å². The van der Waals surface area contributed by atoms with Gasteiger partial charge in [0.15, 0.2) is 0 Å². The van der Waals surface area contributed by atoms with Crippen molar-refractivity contribution in [1.29, 1.82) is 0 Å². The molecule has 0 fully saturated rings. The summed E-state index contributed by atoms with van der Waals surface area (Å²) < 4.78 is 5.34. The molecule has 0 aliphatic carbocycles. The Morgan fingerprint density at radius 1 is 1.08 bits per heavy atom. The highest BCUT2D eigenvalue weighted by Gasteiger charge is 2.10. The number of anilines is 1. The number of methoxy groups -OCH3 is 1. The van der Waals surface area contributed by atoms with Gasteiger partial charge in [-0.3, -0.25) is 4.98 Å². The first kappa shape index (κ1) is 18.5. The highest BCUT2D eigenvalue weighted by Crippen LogP contribution is 2.25. The van der Waals surface area contributed by atoms with E-state index in [0.29, 0.717) is 11.8 Å². The molecule has 4 heteroatoms. The van der Waals surface area contributed by atoms with Crippen molar-refractivity contribution in [3.63, 3.8) is 0 Å². The number of aromatic nitrogens is 1. The highest BCUT2D eigenvalue weighted by atomic mass is 16.5. The van der Waals surface area contributed by atoms with E-state index in [1.807, 2.05) is 30.5 Å². The first-order chi connectivity index (χ1) is 11.5. The maximum Gasteiger partial charge on any atom is 0.119 e. The van der Waals surface area contributed by atoms with Gasteiger partial charge in [-0.25, -0.2) is 0 Å². The average molecular weight is 329 g/mol. The largest absolute Gasteiger partial charge is 0.497 e. The Bertz CT molecular complexity index is 630. The topological polar surface area (TPSA) is 37.4 Å². The minimum Gasteiger partial charge on any atom is -0.497 e. The van der Waals surface area contributed by atoms with Gasteiger partial charge in [0.1, 0.15) is 5.75 Å². The third-order valence-corrected chi connectivity index (χ3v) is 3.94. The second-order valence-electron chi connectivity index (χ2n) is 7.22. The van der Waals surface area contributed by atoms with Crippen LogP contribution in [0.5, 0.6) is 5.75 Å². The summed E-state index contributed by atoms with van der Waals surface area (Å²) in [7, 11) is 1.69. The molecular weight excluding hydrogens is 298 g/mol. The summed E-state index contributed by atoms with van der Waals surface area (Å²) in [6.07, 6.45) is 1.86. The Hall–Kier alpha value is -1.81. The van der Waals surface area contributed by atoms with Crippen molar-refractivity contribution < 1.29 is 4.74 Å². The quantitative estimate of drug-likeness (QED) is 0.745. The number of fused-ring (bicyclic) bond motifs is 1. The van der Waals surface area contributed by atoms with Crippen LogP contribution in [0.4, 0.5) is 5.69 Å². The summed E-state index contributed by atoms with van der Waals surface area (Å²) >= 11 is 0. The van der Waals surface area contributed by atoms with E-state index < -0.39 is 0 Å². The number of nitrogens with zero attached hydrogens (tertiary/aromatic N) is 2. The van der Waals surface area contributed by atoms with Crippen LogP contribution in [0.2, 0.25) is 0 Å². The van der Waals surface area contributed by atoms with Crippen LogP contribution < -0.4 is 10.1 Å². The van der Waals surface area contributed by atoms with E-state index in [9.17, 15) is 0 Å². The number of hydrogen-bond donors (Lipinski definition) is 1. The van der Waals surface area contributed by atoms with Crippen molar-refractivity contribution in [3.8, 4) is 5.75 Å². The molecule has 2 aromatic rings. The van der Waals surface area contributed by atoms with Crippen molar-refractivity contribution in [1.82, 2.24) is 9.88 Å². The van der Waals surface area contributed by atoms with Crippen molar-refractivity contribution in [2.75, 3.05) is 38.6 Å². The molecule has 24 heavy (non-hydrogen) atoms. The zero-order valence-electron chi connectivity index (χ0n) is 15.7. The molecule has 1 heterocycles. The standard InChI is InChI=1S/C20H31N3O/c1-15(2)13-23(14-16(3)4)11-10-22-20-8-9-21-19-7-6-17(24-5)12-18(19)20/h6-9,12,15-16H,10-11,13-14H2,1-5H3,(H,21,22). The zero-order valence-corrected chi connectivity index (χ0v) is 15.7. The van der Waals surface area contributed by atoms with E-state index in [-0.39, 0.29) is 0 Å². The molecule has 0 unspecified atom stereocenters. The molecule has 4 nitrogen and oxygen atoms in total. The Balaban J connectivity index is 2.03.